The Morgan fingerprint density at radius 3 is 2.54 bits per heavy atom. The molecule has 146 valence electrons. The smallest absolute Gasteiger partial charge is 0.306 e. The summed E-state index contributed by atoms with van der Waals surface area (Å²) in [6, 6.07) is 7.05. The number of carbonyl (C=O) groups is 1. The highest BCUT2D eigenvalue weighted by Crippen LogP contribution is 2.19. The Bertz CT molecular complexity index is 1060. The van der Waals surface area contributed by atoms with E-state index in [9.17, 15) is 9.59 Å². The Balaban J connectivity index is 1.68. The molecule has 2 aromatic heterocycles. The normalized spacial score (nSPS) is 12.1. The number of esters is 1. The minimum Gasteiger partial charge on any atom is -0.454 e. The summed E-state index contributed by atoms with van der Waals surface area (Å²) in [7, 11) is 0. The number of benzene rings is 1. The van der Waals surface area contributed by atoms with Crippen LogP contribution in [0.4, 0.5) is 0 Å². The molecule has 0 aliphatic rings. The lowest BCUT2D eigenvalue weighted by atomic mass is 10.1. The fourth-order valence-corrected chi connectivity index (χ4v) is 3.45. The van der Waals surface area contributed by atoms with E-state index >= 15 is 0 Å². The first kappa shape index (κ1) is 20.0. The second-order valence-corrected chi connectivity index (χ2v) is 7.23. The van der Waals surface area contributed by atoms with Crippen molar-refractivity contribution in [3.8, 4) is 0 Å². The van der Waals surface area contributed by atoms with Crippen molar-refractivity contribution in [3.05, 3.63) is 57.4 Å². The maximum absolute atomic E-state index is 12.3. The van der Waals surface area contributed by atoms with Gasteiger partial charge in [0.15, 0.2) is 17.1 Å². The summed E-state index contributed by atoms with van der Waals surface area (Å²) in [6.07, 6.45) is 1.98. The van der Waals surface area contributed by atoms with Gasteiger partial charge in [0.25, 0.3) is 5.56 Å². The van der Waals surface area contributed by atoms with Crippen LogP contribution < -0.4 is 5.56 Å². The van der Waals surface area contributed by atoms with Crippen molar-refractivity contribution in [3.63, 3.8) is 0 Å². The van der Waals surface area contributed by atoms with Crippen LogP contribution in [-0.2, 0) is 16.0 Å². The number of aromatic amines is 1. The molecule has 0 bridgehead atoms. The molecule has 0 aliphatic heterocycles. The third-order valence-electron chi connectivity index (χ3n) is 4.49. The minimum absolute atomic E-state index is 0.200. The molecule has 1 N–H and O–H groups in total. The van der Waals surface area contributed by atoms with Gasteiger partial charge in [-0.3, -0.25) is 9.59 Å². The predicted molar refractivity (Wildman–Crippen MR) is 108 cm³/mol. The number of thioether (sulfide) groups is 1. The van der Waals surface area contributed by atoms with Gasteiger partial charge < -0.3 is 9.72 Å². The van der Waals surface area contributed by atoms with Crippen LogP contribution in [-0.4, -0.2) is 32.2 Å². The van der Waals surface area contributed by atoms with Gasteiger partial charge in [0.1, 0.15) is 0 Å². The summed E-state index contributed by atoms with van der Waals surface area (Å²) in [5, 5.41) is 1.23. The average Bonchev–Trinajstić information content (AvgIpc) is 2.67. The van der Waals surface area contributed by atoms with E-state index in [0.29, 0.717) is 23.1 Å². The summed E-state index contributed by atoms with van der Waals surface area (Å²) >= 11 is 1.49. The highest BCUT2D eigenvalue weighted by Gasteiger charge is 2.17. The van der Waals surface area contributed by atoms with E-state index < -0.39 is 6.10 Å². The zero-order chi connectivity index (χ0) is 20.3. The number of ether oxygens (including phenoxy) is 1. The zero-order valence-corrected chi connectivity index (χ0v) is 17.1. The Morgan fingerprint density at radius 1 is 1.18 bits per heavy atom. The number of nitrogens with zero attached hydrogens (tertiary/aromatic N) is 3. The summed E-state index contributed by atoms with van der Waals surface area (Å²) in [6.45, 7) is 5.53. The molecule has 0 fully saturated rings. The van der Waals surface area contributed by atoms with Crippen LogP contribution in [0, 0.1) is 13.8 Å². The van der Waals surface area contributed by atoms with Crippen LogP contribution in [0.2, 0.25) is 0 Å². The van der Waals surface area contributed by atoms with Gasteiger partial charge in [-0.2, -0.15) is 0 Å². The SMILES string of the molecule is CSc1nc(C)c(CCC(=O)O[C@H](C)c2nc3ccccc3c(=O)[nH]2)c(C)n1. The molecule has 28 heavy (non-hydrogen) atoms. The van der Waals surface area contributed by atoms with E-state index in [-0.39, 0.29) is 17.9 Å². The van der Waals surface area contributed by atoms with Crippen LogP contribution >= 0.6 is 11.8 Å². The second kappa shape index (κ2) is 8.52. The Kier molecular flexibility index (Phi) is 6.08. The molecule has 8 heteroatoms. The number of hydrogen-bond acceptors (Lipinski definition) is 7. The van der Waals surface area contributed by atoms with Gasteiger partial charge in [-0.25, -0.2) is 15.0 Å². The van der Waals surface area contributed by atoms with Crippen LogP contribution in [0.5, 0.6) is 0 Å². The van der Waals surface area contributed by atoms with Gasteiger partial charge in [0.2, 0.25) is 0 Å². The van der Waals surface area contributed by atoms with E-state index in [1.807, 2.05) is 26.2 Å². The van der Waals surface area contributed by atoms with Crippen molar-refractivity contribution in [2.45, 2.75) is 44.9 Å². The molecule has 0 unspecified atom stereocenters. The van der Waals surface area contributed by atoms with E-state index in [1.165, 1.54) is 11.8 Å². The van der Waals surface area contributed by atoms with Gasteiger partial charge in [-0.05, 0) is 51.1 Å². The first-order valence-electron chi connectivity index (χ1n) is 8.95. The van der Waals surface area contributed by atoms with E-state index in [2.05, 4.69) is 19.9 Å². The van der Waals surface area contributed by atoms with E-state index in [4.69, 9.17) is 4.74 Å². The highest BCUT2D eigenvalue weighted by molar-refractivity contribution is 7.98. The van der Waals surface area contributed by atoms with Crippen molar-refractivity contribution in [2.75, 3.05) is 6.26 Å². The van der Waals surface area contributed by atoms with Crippen molar-refractivity contribution >= 4 is 28.6 Å². The number of aromatic nitrogens is 4. The summed E-state index contributed by atoms with van der Waals surface area (Å²) in [5.74, 6) is -0.0341. The lowest BCUT2D eigenvalue weighted by Crippen LogP contribution is -2.17. The van der Waals surface area contributed by atoms with Crippen LogP contribution in [0.25, 0.3) is 10.9 Å². The zero-order valence-electron chi connectivity index (χ0n) is 16.3. The number of fused-ring (bicyclic) bond motifs is 1. The number of rotatable bonds is 6. The Hall–Kier alpha value is -2.74. The number of hydrogen-bond donors (Lipinski definition) is 1. The average molecular weight is 398 g/mol. The highest BCUT2D eigenvalue weighted by atomic mass is 32.2. The molecule has 0 aliphatic carbocycles. The summed E-state index contributed by atoms with van der Waals surface area (Å²) in [4.78, 5) is 40.4. The molecule has 3 rings (SSSR count). The molecule has 0 amide bonds. The summed E-state index contributed by atoms with van der Waals surface area (Å²) < 4.78 is 5.47. The molecule has 0 spiro atoms. The van der Waals surface area contributed by atoms with Crippen molar-refractivity contribution in [1.82, 2.24) is 19.9 Å². The molecular formula is C20H22N4O3S. The molecule has 0 saturated carbocycles. The number of para-hydroxylation sites is 1. The number of H-pyrrole nitrogens is 1. The number of aryl methyl sites for hydroxylation is 2. The number of carbonyl (C=O) groups excluding carboxylic acids is 1. The maximum atomic E-state index is 12.3. The van der Waals surface area contributed by atoms with Gasteiger partial charge >= 0.3 is 5.97 Å². The van der Waals surface area contributed by atoms with E-state index in [1.54, 1.807) is 25.1 Å². The van der Waals surface area contributed by atoms with Crippen LogP contribution in [0.3, 0.4) is 0 Å². The first-order valence-corrected chi connectivity index (χ1v) is 10.2. The molecule has 3 aromatic rings. The number of nitrogens with one attached hydrogen (secondary N) is 1. The van der Waals surface area contributed by atoms with Crippen LogP contribution in [0.15, 0.2) is 34.2 Å². The second-order valence-electron chi connectivity index (χ2n) is 6.46. The molecule has 2 heterocycles. The van der Waals surface area contributed by atoms with Gasteiger partial charge in [-0.1, -0.05) is 23.9 Å². The maximum Gasteiger partial charge on any atom is 0.306 e. The van der Waals surface area contributed by atoms with Gasteiger partial charge in [0.05, 0.1) is 10.9 Å². The quantitative estimate of drug-likeness (QED) is 0.386. The first-order chi connectivity index (χ1) is 13.4. The van der Waals surface area contributed by atoms with E-state index in [0.717, 1.165) is 22.1 Å². The molecule has 1 atom stereocenters. The molecule has 7 nitrogen and oxygen atoms in total. The van der Waals surface area contributed by atoms with Crippen molar-refractivity contribution < 1.29 is 9.53 Å². The standard InChI is InChI=1S/C20H22N4O3S/c1-11-14(12(2)22-20(21-11)28-4)9-10-17(25)27-13(3)18-23-16-8-6-5-7-15(16)19(26)24-18/h5-8,13H,9-10H2,1-4H3,(H,23,24,26)/t13-/m1/s1. The monoisotopic (exact) mass is 398 g/mol. The van der Waals surface area contributed by atoms with Crippen molar-refractivity contribution in [1.29, 1.82) is 0 Å². The lowest BCUT2D eigenvalue weighted by molar-refractivity contribution is -0.148. The van der Waals surface area contributed by atoms with Crippen LogP contribution in [0.1, 0.15) is 42.2 Å². The third kappa shape index (κ3) is 4.39. The van der Waals surface area contributed by atoms with Crippen molar-refractivity contribution in [2.24, 2.45) is 0 Å². The van der Waals surface area contributed by atoms with Gasteiger partial charge in [0, 0.05) is 17.8 Å². The summed E-state index contributed by atoms with van der Waals surface area (Å²) in [5.41, 5.74) is 3.03. The molecule has 0 radical (unpaired) electrons. The fraction of sp³-hybridized carbons (Fsp3) is 0.350. The lowest BCUT2D eigenvalue weighted by Gasteiger charge is -2.14. The third-order valence-corrected chi connectivity index (χ3v) is 5.03. The minimum atomic E-state index is -0.651. The largest absolute Gasteiger partial charge is 0.454 e. The predicted octanol–water partition coefficient (Wildman–Crippen LogP) is 3.29. The molecule has 1 aromatic carbocycles. The molecule has 0 saturated heterocycles. The van der Waals surface area contributed by atoms with Gasteiger partial charge in [-0.15, -0.1) is 0 Å². The Labute approximate surface area is 167 Å². The topological polar surface area (TPSA) is 97.8 Å². The fourth-order valence-electron chi connectivity index (χ4n) is 3.00. The molecular weight excluding hydrogens is 376 g/mol. The Morgan fingerprint density at radius 2 is 1.86 bits per heavy atom.